The molecule has 1 aliphatic rings. The third kappa shape index (κ3) is 5.04. The maximum Gasteiger partial charge on any atom is 0.309 e. The number of carboxylic acids is 1. The summed E-state index contributed by atoms with van der Waals surface area (Å²) in [5, 5.41) is 11.7. The molecule has 0 aromatic carbocycles. The van der Waals surface area contributed by atoms with Crippen LogP contribution in [0.1, 0.15) is 39.5 Å². The second kappa shape index (κ2) is 6.73. The highest BCUT2D eigenvalue weighted by molar-refractivity contribution is 5.76. The molecule has 0 aromatic rings. The quantitative estimate of drug-likeness (QED) is 0.723. The van der Waals surface area contributed by atoms with E-state index >= 15 is 0 Å². The number of aliphatic carboxylic acids is 1. The molecule has 1 saturated heterocycles. The summed E-state index contributed by atoms with van der Waals surface area (Å²) in [6.07, 6.45) is 2.84. The topological polar surface area (TPSA) is 75.6 Å². The van der Waals surface area contributed by atoms with E-state index in [2.05, 4.69) is 5.32 Å². The Hall–Kier alpha value is -1.10. The van der Waals surface area contributed by atoms with Crippen LogP contribution in [0.5, 0.6) is 0 Å². The highest BCUT2D eigenvalue weighted by Gasteiger charge is 2.26. The lowest BCUT2D eigenvalue weighted by molar-refractivity contribution is -0.147. The standard InChI is InChI=1S/C13H23NO4/c1-13(2,12(16)17)6-7-14-11(15)4-3-10-5-8-18-9-10/h10H,3-9H2,1-2H3,(H,14,15)(H,16,17). The average molecular weight is 257 g/mol. The SMILES string of the molecule is CC(C)(CCNC(=O)CCC1CCOC1)C(=O)O. The number of hydrogen-bond donors (Lipinski definition) is 2. The van der Waals surface area contributed by atoms with Crippen LogP contribution in [0, 0.1) is 11.3 Å². The van der Waals surface area contributed by atoms with Gasteiger partial charge in [-0.2, -0.15) is 0 Å². The third-order valence-corrected chi connectivity index (χ3v) is 3.45. The minimum atomic E-state index is -0.833. The molecule has 0 aliphatic carbocycles. The van der Waals surface area contributed by atoms with Crippen molar-refractivity contribution in [2.45, 2.75) is 39.5 Å². The molecule has 5 nitrogen and oxygen atoms in total. The van der Waals surface area contributed by atoms with Crippen molar-refractivity contribution in [2.75, 3.05) is 19.8 Å². The van der Waals surface area contributed by atoms with Gasteiger partial charge in [0.15, 0.2) is 0 Å². The van der Waals surface area contributed by atoms with Gasteiger partial charge in [0, 0.05) is 26.2 Å². The first kappa shape index (κ1) is 15.0. The van der Waals surface area contributed by atoms with Crippen LogP contribution in [0.3, 0.4) is 0 Å². The van der Waals surface area contributed by atoms with E-state index in [1.165, 1.54) is 0 Å². The van der Waals surface area contributed by atoms with Crippen LogP contribution in [-0.4, -0.2) is 36.7 Å². The summed E-state index contributed by atoms with van der Waals surface area (Å²) in [5.41, 5.74) is -0.785. The molecular formula is C13H23NO4. The summed E-state index contributed by atoms with van der Waals surface area (Å²) in [4.78, 5) is 22.4. The fourth-order valence-corrected chi connectivity index (χ4v) is 1.86. The number of carbonyl (C=O) groups excluding carboxylic acids is 1. The van der Waals surface area contributed by atoms with E-state index in [1.54, 1.807) is 13.8 Å². The van der Waals surface area contributed by atoms with Crippen LogP contribution in [-0.2, 0) is 14.3 Å². The van der Waals surface area contributed by atoms with E-state index < -0.39 is 11.4 Å². The molecule has 104 valence electrons. The first-order valence-corrected chi connectivity index (χ1v) is 6.49. The molecule has 0 aromatic heterocycles. The Morgan fingerprint density at radius 1 is 1.44 bits per heavy atom. The predicted molar refractivity (Wildman–Crippen MR) is 67.2 cm³/mol. The van der Waals surface area contributed by atoms with Crippen molar-refractivity contribution in [3.63, 3.8) is 0 Å². The number of carboxylic acid groups (broad SMARTS) is 1. The van der Waals surface area contributed by atoms with Crippen LogP contribution < -0.4 is 5.32 Å². The third-order valence-electron chi connectivity index (χ3n) is 3.45. The van der Waals surface area contributed by atoms with Gasteiger partial charge in [-0.05, 0) is 39.0 Å². The number of carbonyl (C=O) groups is 2. The van der Waals surface area contributed by atoms with Crippen molar-refractivity contribution in [3.8, 4) is 0 Å². The molecule has 1 rings (SSSR count). The van der Waals surface area contributed by atoms with Crippen molar-refractivity contribution >= 4 is 11.9 Å². The molecule has 0 radical (unpaired) electrons. The summed E-state index contributed by atoms with van der Waals surface area (Å²) in [7, 11) is 0. The minimum absolute atomic E-state index is 0.00286. The van der Waals surface area contributed by atoms with Crippen molar-refractivity contribution in [1.82, 2.24) is 5.32 Å². The van der Waals surface area contributed by atoms with Gasteiger partial charge in [0.2, 0.25) is 5.91 Å². The predicted octanol–water partition coefficient (Wildman–Crippen LogP) is 1.42. The number of amides is 1. The zero-order chi connectivity index (χ0) is 13.6. The van der Waals surface area contributed by atoms with Crippen LogP contribution >= 0.6 is 0 Å². The molecule has 0 bridgehead atoms. The molecular weight excluding hydrogens is 234 g/mol. The van der Waals surface area contributed by atoms with E-state index in [-0.39, 0.29) is 5.91 Å². The second-order valence-corrected chi connectivity index (χ2v) is 5.56. The smallest absolute Gasteiger partial charge is 0.309 e. The Bertz CT molecular complexity index is 295. The van der Waals surface area contributed by atoms with Crippen molar-refractivity contribution in [2.24, 2.45) is 11.3 Å². The fourth-order valence-electron chi connectivity index (χ4n) is 1.86. The maximum absolute atomic E-state index is 11.6. The number of hydrogen-bond acceptors (Lipinski definition) is 3. The zero-order valence-electron chi connectivity index (χ0n) is 11.2. The molecule has 1 atom stereocenters. The summed E-state index contributed by atoms with van der Waals surface area (Å²) in [6, 6.07) is 0. The molecule has 1 unspecified atom stereocenters. The van der Waals surface area contributed by atoms with E-state index in [0.717, 1.165) is 26.1 Å². The molecule has 1 heterocycles. The monoisotopic (exact) mass is 257 g/mol. The minimum Gasteiger partial charge on any atom is -0.481 e. The molecule has 5 heteroatoms. The van der Waals surface area contributed by atoms with Crippen LogP contribution in [0.25, 0.3) is 0 Å². The van der Waals surface area contributed by atoms with Gasteiger partial charge in [0.25, 0.3) is 0 Å². The van der Waals surface area contributed by atoms with Crippen molar-refractivity contribution < 1.29 is 19.4 Å². The Morgan fingerprint density at radius 3 is 2.72 bits per heavy atom. The Kier molecular flexibility index (Phi) is 5.59. The van der Waals surface area contributed by atoms with Gasteiger partial charge in [-0.15, -0.1) is 0 Å². The number of rotatable bonds is 7. The lowest BCUT2D eigenvalue weighted by Crippen LogP contribution is -2.32. The fraction of sp³-hybridized carbons (Fsp3) is 0.846. The van der Waals surface area contributed by atoms with E-state index in [9.17, 15) is 9.59 Å². The zero-order valence-corrected chi connectivity index (χ0v) is 11.2. The molecule has 18 heavy (non-hydrogen) atoms. The summed E-state index contributed by atoms with van der Waals surface area (Å²) >= 11 is 0. The number of nitrogens with one attached hydrogen (secondary N) is 1. The van der Waals surface area contributed by atoms with Crippen molar-refractivity contribution in [1.29, 1.82) is 0 Å². The van der Waals surface area contributed by atoms with Crippen LogP contribution in [0.2, 0.25) is 0 Å². The first-order valence-electron chi connectivity index (χ1n) is 6.49. The van der Waals surface area contributed by atoms with E-state index in [1.807, 2.05) is 0 Å². The second-order valence-electron chi connectivity index (χ2n) is 5.56. The van der Waals surface area contributed by atoms with Gasteiger partial charge in [0.05, 0.1) is 5.41 Å². The summed E-state index contributed by atoms with van der Waals surface area (Å²) in [5.74, 6) is -0.325. The average Bonchev–Trinajstić information content (AvgIpc) is 2.78. The maximum atomic E-state index is 11.6. The molecule has 0 saturated carbocycles. The molecule has 1 aliphatic heterocycles. The lowest BCUT2D eigenvalue weighted by atomic mass is 9.90. The van der Waals surface area contributed by atoms with Gasteiger partial charge in [-0.3, -0.25) is 9.59 Å². The first-order chi connectivity index (χ1) is 8.42. The molecule has 2 N–H and O–H groups in total. The van der Waals surface area contributed by atoms with Gasteiger partial charge in [-0.25, -0.2) is 0 Å². The highest BCUT2D eigenvalue weighted by Crippen LogP contribution is 2.20. The summed E-state index contributed by atoms with van der Waals surface area (Å²) < 4.78 is 5.24. The number of ether oxygens (including phenoxy) is 1. The van der Waals surface area contributed by atoms with Gasteiger partial charge < -0.3 is 15.2 Å². The summed E-state index contributed by atoms with van der Waals surface area (Å²) in [6.45, 7) is 5.31. The Labute approximate surface area is 108 Å². The molecule has 0 spiro atoms. The van der Waals surface area contributed by atoms with E-state index in [0.29, 0.717) is 25.3 Å². The normalized spacial score (nSPS) is 19.8. The Balaban J connectivity index is 2.11. The van der Waals surface area contributed by atoms with Crippen molar-refractivity contribution in [3.05, 3.63) is 0 Å². The largest absolute Gasteiger partial charge is 0.481 e. The molecule has 1 amide bonds. The Morgan fingerprint density at radius 2 is 2.17 bits per heavy atom. The van der Waals surface area contributed by atoms with Gasteiger partial charge in [0.1, 0.15) is 0 Å². The highest BCUT2D eigenvalue weighted by atomic mass is 16.5. The van der Waals surface area contributed by atoms with Crippen LogP contribution in [0.4, 0.5) is 0 Å². The van der Waals surface area contributed by atoms with Gasteiger partial charge >= 0.3 is 5.97 Å². The molecule has 1 fully saturated rings. The van der Waals surface area contributed by atoms with Crippen LogP contribution in [0.15, 0.2) is 0 Å². The van der Waals surface area contributed by atoms with Gasteiger partial charge in [-0.1, -0.05) is 0 Å². The lowest BCUT2D eigenvalue weighted by Gasteiger charge is -2.19. The van der Waals surface area contributed by atoms with E-state index in [4.69, 9.17) is 9.84 Å².